The van der Waals surface area contributed by atoms with Crippen LogP contribution in [0, 0.1) is 10.1 Å². The minimum Gasteiger partial charge on any atom is -0.490 e. The van der Waals surface area contributed by atoms with E-state index in [0.29, 0.717) is 31.9 Å². The van der Waals surface area contributed by atoms with E-state index in [1.54, 1.807) is 6.07 Å². The number of morpholine rings is 1. The first kappa shape index (κ1) is 16.8. The summed E-state index contributed by atoms with van der Waals surface area (Å²) in [5, 5.41) is 14.7. The van der Waals surface area contributed by atoms with E-state index in [1.807, 2.05) is 4.90 Å². The normalized spacial score (nSPS) is 15.5. The minimum absolute atomic E-state index is 0.156. The first-order chi connectivity index (χ1) is 11.1. The number of carbonyl (C=O) groups excluding carboxylic acids is 1. The van der Waals surface area contributed by atoms with Gasteiger partial charge in [0, 0.05) is 24.7 Å². The van der Waals surface area contributed by atoms with Gasteiger partial charge in [0.05, 0.1) is 38.0 Å². The molecule has 1 N–H and O–H groups in total. The quantitative estimate of drug-likeness (QED) is 0.461. The summed E-state index contributed by atoms with van der Waals surface area (Å²) in [6.45, 7) is 2.89. The maximum atomic E-state index is 11.7. The van der Waals surface area contributed by atoms with E-state index in [1.165, 1.54) is 25.5 Å². The van der Waals surface area contributed by atoms with E-state index in [4.69, 9.17) is 9.47 Å². The zero-order chi connectivity index (χ0) is 16.7. The van der Waals surface area contributed by atoms with Gasteiger partial charge in [-0.1, -0.05) is 0 Å². The molecular formula is C14H18N4O5. The molecule has 0 unspecified atom stereocenters. The number of nitro benzene ring substituents is 1. The molecule has 0 bridgehead atoms. The van der Waals surface area contributed by atoms with Crippen molar-refractivity contribution in [2.24, 2.45) is 5.10 Å². The van der Waals surface area contributed by atoms with Gasteiger partial charge in [0.15, 0.2) is 5.75 Å². The number of hydrogen-bond donors (Lipinski definition) is 1. The maximum Gasteiger partial charge on any atom is 0.311 e. The molecule has 1 aromatic carbocycles. The molecule has 1 heterocycles. The highest BCUT2D eigenvalue weighted by molar-refractivity contribution is 5.84. The topological polar surface area (TPSA) is 106 Å². The van der Waals surface area contributed by atoms with Crippen molar-refractivity contribution in [3.05, 3.63) is 33.9 Å². The fraction of sp³-hybridized carbons (Fsp3) is 0.429. The zero-order valence-corrected chi connectivity index (χ0v) is 12.7. The Labute approximate surface area is 133 Å². The molecule has 1 fully saturated rings. The van der Waals surface area contributed by atoms with Gasteiger partial charge in [-0.2, -0.15) is 5.10 Å². The molecule has 0 aromatic heterocycles. The number of hydrogen-bond acceptors (Lipinski definition) is 7. The number of rotatable bonds is 6. The van der Waals surface area contributed by atoms with Crippen LogP contribution < -0.4 is 10.2 Å². The van der Waals surface area contributed by atoms with E-state index < -0.39 is 4.92 Å². The number of hydrazone groups is 1. The predicted molar refractivity (Wildman–Crippen MR) is 82.6 cm³/mol. The summed E-state index contributed by atoms with van der Waals surface area (Å²) in [7, 11) is 1.36. The summed E-state index contributed by atoms with van der Waals surface area (Å²) >= 11 is 0. The van der Waals surface area contributed by atoms with Gasteiger partial charge in [-0.05, 0) is 12.1 Å². The Balaban J connectivity index is 1.90. The van der Waals surface area contributed by atoms with Crippen LogP contribution in [0.3, 0.4) is 0 Å². The van der Waals surface area contributed by atoms with Crippen LogP contribution in [0.1, 0.15) is 5.56 Å². The van der Waals surface area contributed by atoms with Crippen molar-refractivity contribution in [2.45, 2.75) is 0 Å². The second-order valence-corrected chi connectivity index (χ2v) is 4.87. The predicted octanol–water partition coefficient (Wildman–Crippen LogP) is 0.386. The summed E-state index contributed by atoms with van der Waals surface area (Å²) in [5.41, 5.74) is 2.74. The van der Waals surface area contributed by atoms with Crippen LogP contribution in [0.5, 0.6) is 5.75 Å². The first-order valence-corrected chi connectivity index (χ1v) is 7.04. The van der Waals surface area contributed by atoms with Crippen molar-refractivity contribution >= 4 is 17.8 Å². The largest absolute Gasteiger partial charge is 0.490 e. The lowest BCUT2D eigenvalue weighted by Crippen LogP contribution is -2.42. The number of amides is 1. The summed E-state index contributed by atoms with van der Waals surface area (Å²) in [6.07, 6.45) is 1.35. The molecule has 0 saturated carbocycles. The van der Waals surface area contributed by atoms with Gasteiger partial charge in [-0.3, -0.25) is 19.8 Å². The average Bonchev–Trinajstić information content (AvgIpc) is 2.55. The van der Waals surface area contributed by atoms with Crippen LogP contribution in [0.4, 0.5) is 5.69 Å². The Kier molecular flexibility index (Phi) is 6.01. The molecule has 1 saturated heterocycles. The fourth-order valence-corrected chi connectivity index (χ4v) is 2.11. The van der Waals surface area contributed by atoms with Gasteiger partial charge >= 0.3 is 5.69 Å². The van der Waals surface area contributed by atoms with Crippen molar-refractivity contribution in [2.75, 3.05) is 40.0 Å². The van der Waals surface area contributed by atoms with Crippen LogP contribution >= 0.6 is 0 Å². The van der Waals surface area contributed by atoms with Crippen molar-refractivity contribution in [1.29, 1.82) is 0 Å². The molecule has 1 aromatic rings. The van der Waals surface area contributed by atoms with Crippen molar-refractivity contribution in [3.8, 4) is 5.75 Å². The summed E-state index contributed by atoms with van der Waals surface area (Å²) in [5.74, 6) is -0.0744. The molecule has 9 heteroatoms. The Bertz CT molecular complexity index is 599. The molecule has 1 amide bonds. The summed E-state index contributed by atoms with van der Waals surface area (Å²) in [6, 6.07) is 4.43. The molecule has 2 rings (SSSR count). The van der Waals surface area contributed by atoms with E-state index >= 15 is 0 Å². The van der Waals surface area contributed by atoms with E-state index in [0.717, 1.165) is 0 Å². The van der Waals surface area contributed by atoms with Crippen LogP contribution in [0.2, 0.25) is 0 Å². The Hall–Kier alpha value is -2.52. The molecule has 0 radical (unpaired) electrons. The molecule has 1 aliphatic heterocycles. The monoisotopic (exact) mass is 322 g/mol. The first-order valence-electron chi connectivity index (χ1n) is 7.04. The van der Waals surface area contributed by atoms with Gasteiger partial charge in [0.1, 0.15) is 0 Å². The smallest absolute Gasteiger partial charge is 0.311 e. The highest BCUT2D eigenvalue weighted by atomic mass is 16.6. The lowest BCUT2D eigenvalue weighted by atomic mass is 10.2. The van der Waals surface area contributed by atoms with Crippen molar-refractivity contribution < 1.29 is 19.2 Å². The third-order valence-electron chi connectivity index (χ3n) is 3.27. The summed E-state index contributed by atoms with van der Waals surface area (Å²) in [4.78, 5) is 24.1. The number of carbonyl (C=O) groups is 1. The van der Waals surface area contributed by atoms with Crippen molar-refractivity contribution in [1.82, 2.24) is 10.3 Å². The second kappa shape index (κ2) is 8.20. The standard InChI is InChI=1S/C14H18N4O5/c1-22-13-3-2-11(8-12(13)18(20)21)9-15-16-14(19)10-17-4-6-23-7-5-17/h2-3,8-9H,4-7,10H2,1H3,(H,16,19)/b15-9-. The molecular weight excluding hydrogens is 304 g/mol. The zero-order valence-electron chi connectivity index (χ0n) is 12.7. The SMILES string of the molecule is COc1ccc(/C=N\NC(=O)CN2CCOCC2)cc1[N+](=O)[O-]. The number of nitrogens with one attached hydrogen (secondary N) is 1. The molecule has 0 aliphatic carbocycles. The number of benzene rings is 1. The molecule has 9 nitrogen and oxygen atoms in total. The highest BCUT2D eigenvalue weighted by Gasteiger charge is 2.15. The van der Waals surface area contributed by atoms with Crippen LogP contribution in [-0.4, -0.2) is 61.9 Å². The van der Waals surface area contributed by atoms with Crippen LogP contribution in [0.25, 0.3) is 0 Å². The van der Waals surface area contributed by atoms with Gasteiger partial charge in [0.2, 0.25) is 0 Å². The van der Waals surface area contributed by atoms with E-state index in [9.17, 15) is 14.9 Å². The Morgan fingerprint density at radius 3 is 2.91 bits per heavy atom. The van der Waals surface area contributed by atoms with Crippen molar-refractivity contribution in [3.63, 3.8) is 0 Å². The van der Waals surface area contributed by atoms with E-state index in [2.05, 4.69) is 10.5 Å². The molecule has 23 heavy (non-hydrogen) atoms. The third kappa shape index (κ3) is 5.01. The molecule has 124 valence electrons. The average molecular weight is 322 g/mol. The van der Waals surface area contributed by atoms with Gasteiger partial charge in [0.25, 0.3) is 5.91 Å². The number of ether oxygens (including phenoxy) is 2. The highest BCUT2D eigenvalue weighted by Crippen LogP contribution is 2.26. The molecule has 0 atom stereocenters. The number of nitro groups is 1. The minimum atomic E-state index is -0.535. The Morgan fingerprint density at radius 2 is 2.26 bits per heavy atom. The molecule has 1 aliphatic rings. The lowest BCUT2D eigenvalue weighted by Gasteiger charge is -2.25. The van der Waals surface area contributed by atoms with Gasteiger partial charge < -0.3 is 9.47 Å². The molecule has 0 spiro atoms. The van der Waals surface area contributed by atoms with Crippen LogP contribution in [0.15, 0.2) is 23.3 Å². The Morgan fingerprint density at radius 1 is 1.52 bits per heavy atom. The second-order valence-electron chi connectivity index (χ2n) is 4.87. The fourth-order valence-electron chi connectivity index (χ4n) is 2.11. The number of methoxy groups -OCH3 is 1. The van der Waals surface area contributed by atoms with Gasteiger partial charge in [-0.25, -0.2) is 5.43 Å². The van der Waals surface area contributed by atoms with Crippen LogP contribution in [-0.2, 0) is 9.53 Å². The van der Waals surface area contributed by atoms with E-state index in [-0.39, 0.29) is 23.9 Å². The number of nitrogens with zero attached hydrogens (tertiary/aromatic N) is 3. The maximum absolute atomic E-state index is 11.7. The third-order valence-corrected chi connectivity index (χ3v) is 3.27. The summed E-state index contributed by atoms with van der Waals surface area (Å²) < 4.78 is 10.1. The van der Waals surface area contributed by atoms with Gasteiger partial charge in [-0.15, -0.1) is 0 Å². The lowest BCUT2D eigenvalue weighted by molar-refractivity contribution is -0.385.